The minimum atomic E-state index is -0.551. The van der Waals surface area contributed by atoms with Crippen LogP contribution in [0.5, 0.6) is 11.5 Å². The fraction of sp³-hybridized carbons (Fsp3) is 0.464. The lowest BCUT2D eigenvalue weighted by Crippen LogP contribution is -2.22. The first kappa shape index (κ1) is 27.7. The largest absolute Gasteiger partial charge is 0.496 e. The smallest absolute Gasteiger partial charge is 0.248 e. The van der Waals surface area contributed by atoms with Gasteiger partial charge >= 0.3 is 0 Å². The number of amides is 2. The lowest BCUT2D eigenvalue weighted by Gasteiger charge is -2.25. The van der Waals surface area contributed by atoms with Crippen LogP contribution >= 0.6 is 0 Å². The second-order valence-corrected chi connectivity index (χ2v) is 9.73. The number of carbonyl (C=O) groups is 2. The van der Waals surface area contributed by atoms with E-state index >= 15 is 0 Å². The molecule has 0 aliphatic heterocycles. The molecule has 1 atom stereocenters. The first-order valence-corrected chi connectivity index (χ1v) is 12.0. The molecule has 7 nitrogen and oxygen atoms in total. The number of unbranched alkanes of at least 4 members (excludes halogenated alkanes) is 2. The van der Waals surface area contributed by atoms with Crippen molar-refractivity contribution < 1.29 is 19.1 Å². The molecule has 0 aromatic heterocycles. The van der Waals surface area contributed by atoms with Gasteiger partial charge in [-0.3, -0.25) is 9.59 Å². The standard InChI is InChI=1S/C28H37N3O4/c1-7-8-9-10-18(21-13-20(17-29)24(34-5)16-25(21)35-6)15-26(32)31-23-14-19(27(30)33)11-12-22(23)28(2,3)4/h11-14,16,18H,7-10,15H2,1-6H3,(H2,30,33)(H,31,32). The van der Waals surface area contributed by atoms with Gasteiger partial charge in [-0.25, -0.2) is 0 Å². The van der Waals surface area contributed by atoms with Crippen molar-refractivity contribution in [3.8, 4) is 17.6 Å². The lowest BCUT2D eigenvalue weighted by atomic mass is 9.84. The maximum absolute atomic E-state index is 13.3. The van der Waals surface area contributed by atoms with Gasteiger partial charge < -0.3 is 20.5 Å². The number of methoxy groups -OCH3 is 2. The topological polar surface area (TPSA) is 114 Å². The third kappa shape index (κ3) is 7.22. The molecule has 3 N–H and O–H groups in total. The molecule has 7 heteroatoms. The Kier molecular flexibility index (Phi) is 9.70. The Morgan fingerprint density at radius 1 is 1.09 bits per heavy atom. The average molecular weight is 480 g/mol. The fourth-order valence-electron chi connectivity index (χ4n) is 4.22. The van der Waals surface area contributed by atoms with E-state index in [0.29, 0.717) is 28.3 Å². The molecule has 0 saturated carbocycles. The van der Waals surface area contributed by atoms with Crippen LogP contribution < -0.4 is 20.5 Å². The van der Waals surface area contributed by atoms with E-state index in [9.17, 15) is 14.9 Å². The maximum atomic E-state index is 13.3. The normalized spacial score (nSPS) is 11.9. The monoisotopic (exact) mass is 479 g/mol. The summed E-state index contributed by atoms with van der Waals surface area (Å²) in [7, 11) is 3.08. The van der Waals surface area contributed by atoms with Crippen molar-refractivity contribution in [2.24, 2.45) is 5.73 Å². The number of ether oxygens (including phenoxy) is 2. The van der Waals surface area contributed by atoms with E-state index in [1.165, 1.54) is 7.11 Å². The molecule has 2 aromatic carbocycles. The predicted molar refractivity (Wildman–Crippen MR) is 138 cm³/mol. The van der Waals surface area contributed by atoms with Crippen molar-refractivity contribution in [2.75, 3.05) is 19.5 Å². The second-order valence-electron chi connectivity index (χ2n) is 9.73. The van der Waals surface area contributed by atoms with Crippen LogP contribution in [0, 0.1) is 11.3 Å². The van der Waals surface area contributed by atoms with Crippen LogP contribution in [-0.2, 0) is 10.2 Å². The van der Waals surface area contributed by atoms with Crippen LogP contribution in [0.15, 0.2) is 30.3 Å². The molecule has 2 amide bonds. The van der Waals surface area contributed by atoms with Gasteiger partial charge in [0, 0.05) is 23.7 Å². The molecule has 0 heterocycles. The van der Waals surface area contributed by atoms with Gasteiger partial charge in [-0.05, 0) is 47.1 Å². The number of benzene rings is 2. The predicted octanol–water partition coefficient (Wildman–Crippen LogP) is 5.66. The quantitative estimate of drug-likeness (QED) is 0.403. The summed E-state index contributed by atoms with van der Waals surface area (Å²) in [5, 5.41) is 12.6. The summed E-state index contributed by atoms with van der Waals surface area (Å²) in [5.41, 5.74) is 8.25. The Bertz CT molecular complexity index is 1100. The van der Waals surface area contributed by atoms with E-state index < -0.39 is 5.91 Å². The highest BCUT2D eigenvalue weighted by atomic mass is 16.5. The van der Waals surface area contributed by atoms with Crippen LogP contribution in [0.4, 0.5) is 5.69 Å². The molecule has 0 spiro atoms. The summed E-state index contributed by atoms with van der Waals surface area (Å²) in [4.78, 5) is 25.1. The number of hydrogen-bond acceptors (Lipinski definition) is 5. The molecule has 0 aliphatic carbocycles. The van der Waals surface area contributed by atoms with Crippen LogP contribution in [0.2, 0.25) is 0 Å². The number of nitrogens with two attached hydrogens (primary N) is 1. The molecule has 0 radical (unpaired) electrons. The molecule has 2 rings (SSSR count). The van der Waals surface area contributed by atoms with Gasteiger partial charge in [-0.2, -0.15) is 5.26 Å². The highest BCUT2D eigenvalue weighted by Gasteiger charge is 2.24. The summed E-state index contributed by atoms with van der Waals surface area (Å²) in [6, 6.07) is 10.8. The van der Waals surface area contributed by atoms with Crippen molar-refractivity contribution >= 4 is 17.5 Å². The van der Waals surface area contributed by atoms with E-state index in [1.54, 1.807) is 31.4 Å². The molecule has 0 aliphatic rings. The van der Waals surface area contributed by atoms with Crippen molar-refractivity contribution in [2.45, 2.75) is 71.1 Å². The van der Waals surface area contributed by atoms with Crippen molar-refractivity contribution in [1.82, 2.24) is 0 Å². The summed E-state index contributed by atoms with van der Waals surface area (Å²) < 4.78 is 10.9. The summed E-state index contributed by atoms with van der Waals surface area (Å²) in [5.74, 6) is 0.122. The van der Waals surface area contributed by atoms with E-state index in [-0.39, 0.29) is 23.7 Å². The Morgan fingerprint density at radius 3 is 2.31 bits per heavy atom. The zero-order valence-electron chi connectivity index (χ0n) is 21.7. The fourth-order valence-corrected chi connectivity index (χ4v) is 4.22. The number of hydrogen-bond donors (Lipinski definition) is 2. The molecule has 0 saturated heterocycles. The molecule has 1 unspecified atom stereocenters. The minimum absolute atomic E-state index is 0.160. The van der Waals surface area contributed by atoms with Crippen LogP contribution in [0.1, 0.15) is 92.8 Å². The second kappa shape index (κ2) is 12.3. The van der Waals surface area contributed by atoms with E-state index in [1.807, 2.05) is 26.8 Å². The molecule has 0 fully saturated rings. The molecular formula is C28H37N3O4. The number of carbonyl (C=O) groups excluding carboxylic acids is 2. The number of anilines is 1. The highest BCUT2D eigenvalue weighted by molar-refractivity contribution is 5.97. The Hall–Kier alpha value is -3.53. The zero-order chi connectivity index (χ0) is 26.2. The number of nitriles is 1. The summed E-state index contributed by atoms with van der Waals surface area (Å²) in [6.07, 6.45) is 3.99. The van der Waals surface area contributed by atoms with Crippen LogP contribution in [0.3, 0.4) is 0 Å². The van der Waals surface area contributed by atoms with Gasteiger partial charge in [0.1, 0.15) is 17.6 Å². The maximum Gasteiger partial charge on any atom is 0.248 e. The first-order valence-electron chi connectivity index (χ1n) is 12.0. The molecule has 0 bridgehead atoms. The molecule has 35 heavy (non-hydrogen) atoms. The van der Waals surface area contributed by atoms with Crippen molar-refractivity contribution in [3.05, 3.63) is 52.6 Å². The highest BCUT2D eigenvalue weighted by Crippen LogP contribution is 2.38. The van der Waals surface area contributed by atoms with Gasteiger partial charge in [0.05, 0.1) is 19.8 Å². The van der Waals surface area contributed by atoms with E-state index in [4.69, 9.17) is 15.2 Å². The van der Waals surface area contributed by atoms with Gasteiger partial charge in [-0.15, -0.1) is 0 Å². The minimum Gasteiger partial charge on any atom is -0.496 e. The first-order chi connectivity index (χ1) is 16.5. The number of rotatable bonds is 11. The lowest BCUT2D eigenvalue weighted by molar-refractivity contribution is -0.116. The van der Waals surface area contributed by atoms with Gasteiger partial charge in [0.25, 0.3) is 0 Å². The average Bonchev–Trinajstić information content (AvgIpc) is 2.81. The Morgan fingerprint density at radius 2 is 1.77 bits per heavy atom. The van der Waals surface area contributed by atoms with Gasteiger partial charge in [-0.1, -0.05) is 53.0 Å². The van der Waals surface area contributed by atoms with Gasteiger partial charge in [0.2, 0.25) is 11.8 Å². The summed E-state index contributed by atoms with van der Waals surface area (Å²) >= 11 is 0. The zero-order valence-corrected chi connectivity index (χ0v) is 21.7. The number of nitrogens with one attached hydrogen (secondary N) is 1. The van der Waals surface area contributed by atoms with Crippen LogP contribution in [0.25, 0.3) is 0 Å². The van der Waals surface area contributed by atoms with Crippen molar-refractivity contribution in [3.63, 3.8) is 0 Å². The third-order valence-corrected chi connectivity index (χ3v) is 6.09. The molecular weight excluding hydrogens is 442 g/mol. The van der Waals surface area contributed by atoms with Crippen molar-refractivity contribution in [1.29, 1.82) is 5.26 Å². The molecule has 2 aromatic rings. The Labute approximate surface area is 208 Å². The third-order valence-electron chi connectivity index (χ3n) is 6.09. The van der Waals surface area contributed by atoms with Crippen LogP contribution in [-0.4, -0.2) is 26.0 Å². The van der Waals surface area contributed by atoms with E-state index in [0.717, 1.165) is 36.8 Å². The SMILES string of the molecule is CCCCCC(CC(=O)Nc1cc(C(N)=O)ccc1C(C)(C)C)c1cc(C#N)c(OC)cc1OC. The number of primary amides is 1. The van der Waals surface area contributed by atoms with E-state index in [2.05, 4.69) is 18.3 Å². The molecule has 188 valence electrons. The summed E-state index contributed by atoms with van der Waals surface area (Å²) in [6.45, 7) is 8.26. The number of nitrogens with zero attached hydrogens (tertiary/aromatic N) is 1. The van der Waals surface area contributed by atoms with Gasteiger partial charge in [0.15, 0.2) is 0 Å². The Balaban J connectivity index is 2.43.